The fourth-order valence-electron chi connectivity index (χ4n) is 4.63. The molecule has 138 valence electrons. The smallest absolute Gasteiger partial charge is 0.230 e. The van der Waals surface area contributed by atoms with Crippen molar-refractivity contribution in [1.29, 1.82) is 0 Å². The number of thiophene rings is 1. The quantitative estimate of drug-likeness (QED) is 0.820. The van der Waals surface area contributed by atoms with Crippen LogP contribution < -0.4 is 0 Å². The molecule has 0 aromatic carbocycles. The minimum Gasteiger partial charge on any atom is -0.345 e. The van der Waals surface area contributed by atoms with Gasteiger partial charge < -0.3 is 9.80 Å². The first kappa shape index (κ1) is 17.5. The maximum absolute atomic E-state index is 12.9. The molecule has 2 fully saturated rings. The van der Waals surface area contributed by atoms with Crippen LogP contribution in [0.2, 0.25) is 0 Å². The highest BCUT2D eigenvalue weighted by atomic mass is 32.1. The van der Waals surface area contributed by atoms with Crippen LogP contribution in [0, 0.1) is 5.41 Å². The summed E-state index contributed by atoms with van der Waals surface area (Å²) in [7, 11) is 1.85. The number of ketones is 1. The highest BCUT2D eigenvalue weighted by Gasteiger charge is 2.48. The molecule has 2 aliphatic heterocycles. The predicted octanol–water partition coefficient (Wildman–Crippen LogP) is 2.73. The van der Waals surface area contributed by atoms with Crippen molar-refractivity contribution in [3.63, 3.8) is 0 Å². The summed E-state index contributed by atoms with van der Waals surface area (Å²) < 4.78 is 0. The van der Waals surface area contributed by atoms with E-state index in [9.17, 15) is 14.4 Å². The summed E-state index contributed by atoms with van der Waals surface area (Å²) in [6, 6.07) is 4.00. The highest BCUT2D eigenvalue weighted by Crippen LogP contribution is 2.41. The molecule has 3 heterocycles. The van der Waals surface area contributed by atoms with E-state index in [0.29, 0.717) is 25.1 Å². The number of carbonyl (C=O) groups excluding carboxylic acids is 3. The molecular formula is C20H24N2O3S. The number of amides is 2. The summed E-state index contributed by atoms with van der Waals surface area (Å²) in [6.07, 6.45) is 4.01. The van der Waals surface area contributed by atoms with Crippen LogP contribution in [-0.4, -0.2) is 54.1 Å². The number of allylic oxidation sites excluding steroid dienone is 1. The lowest BCUT2D eigenvalue weighted by Gasteiger charge is -2.37. The van der Waals surface area contributed by atoms with Crippen molar-refractivity contribution in [2.24, 2.45) is 5.41 Å². The molecule has 1 aromatic heterocycles. The second kappa shape index (κ2) is 6.65. The molecule has 26 heavy (non-hydrogen) atoms. The Balaban J connectivity index is 1.50. The summed E-state index contributed by atoms with van der Waals surface area (Å²) >= 11 is 1.62. The van der Waals surface area contributed by atoms with Crippen LogP contribution in [0.25, 0.3) is 5.57 Å². The molecule has 5 nitrogen and oxygen atoms in total. The SMILES string of the molecule is CN1CCC[C@]2(CCN(C(=O)CC3=C(c4cccs4)CCC3=O)C2)C1=O. The first-order valence-electron chi connectivity index (χ1n) is 9.33. The summed E-state index contributed by atoms with van der Waals surface area (Å²) in [4.78, 5) is 42.6. The zero-order chi connectivity index (χ0) is 18.3. The van der Waals surface area contributed by atoms with Gasteiger partial charge in [0, 0.05) is 43.6 Å². The number of hydrogen-bond acceptors (Lipinski definition) is 4. The van der Waals surface area contributed by atoms with Gasteiger partial charge in [-0.3, -0.25) is 14.4 Å². The van der Waals surface area contributed by atoms with Crippen molar-refractivity contribution in [3.05, 3.63) is 28.0 Å². The molecular weight excluding hydrogens is 348 g/mol. The van der Waals surface area contributed by atoms with E-state index in [1.165, 1.54) is 0 Å². The predicted molar refractivity (Wildman–Crippen MR) is 101 cm³/mol. The van der Waals surface area contributed by atoms with Crippen LogP contribution in [0.3, 0.4) is 0 Å². The molecule has 4 rings (SSSR count). The molecule has 1 spiro atoms. The van der Waals surface area contributed by atoms with Gasteiger partial charge in [0.2, 0.25) is 11.8 Å². The van der Waals surface area contributed by atoms with Gasteiger partial charge in [0.05, 0.1) is 11.8 Å². The van der Waals surface area contributed by atoms with Crippen molar-refractivity contribution in [3.8, 4) is 0 Å². The van der Waals surface area contributed by atoms with E-state index in [-0.39, 0.29) is 24.0 Å². The van der Waals surface area contributed by atoms with E-state index in [1.54, 1.807) is 16.2 Å². The minimum atomic E-state index is -0.396. The lowest BCUT2D eigenvalue weighted by Crippen LogP contribution is -2.48. The first-order chi connectivity index (χ1) is 12.5. The number of rotatable bonds is 3. The minimum absolute atomic E-state index is 0.0118. The fraction of sp³-hybridized carbons (Fsp3) is 0.550. The van der Waals surface area contributed by atoms with Gasteiger partial charge in [-0.1, -0.05) is 6.07 Å². The standard InChI is InChI=1S/C20H24N2O3S/c1-21-9-3-7-20(19(21)25)8-10-22(13-20)18(24)12-15-14(5-6-16(15)23)17-4-2-11-26-17/h2,4,11H,3,5-10,12-13H2,1H3/t20-/m1/s1. The largest absolute Gasteiger partial charge is 0.345 e. The maximum Gasteiger partial charge on any atom is 0.230 e. The Morgan fingerprint density at radius 1 is 1.23 bits per heavy atom. The van der Waals surface area contributed by atoms with E-state index < -0.39 is 5.41 Å². The van der Waals surface area contributed by atoms with Crippen LogP contribution in [0.15, 0.2) is 23.1 Å². The number of carbonyl (C=O) groups is 3. The molecule has 1 aliphatic carbocycles. The zero-order valence-electron chi connectivity index (χ0n) is 15.1. The molecule has 1 atom stereocenters. The summed E-state index contributed by atoms with van der Waals surface area (Å²) in [6.45, 7) is 1.93. The molecule has 0 radical (unpaired) electrons. The highest BCUT2D eigenvalue weighted by molar-refractivity contribution is 7.11. The number of nitrogens with zero attached hydrogens (tertiary/aromatic N) is 2. The molecule has 0 bridgehead atoms. The number of likely N-dealkylation sites (tertiary alicyclic amines) is 2. The van der Waals surface area contributed by atoms with Crippen LogP contribution in [0.5, 0.6) is 0 Å². The molecule has 2 saturated heterocycles. The van der Waals surface area contributed by atoms with Crippen molar-refractivity contribution >= 4 is 34.5 Å². The fourth-order valence-corrected chi connectivity index (χ4v) is 5.46. The monoisotopic (exact) mass is 372 g/mol. The van der Waals surface area contributed by atoms with Gasteiger partial charge in [0.15, 0.2) is 5.78 Å². The Bertz CT molecular complexity index is 783. The molecule has 0 saturated carbocycles. The summed E-state index contributed by atoms with van der Waals surface area (Å²) in [5, 5.41) is 2.00. The molecule has 0 unspecified atom stereocenters. The Morgan fingerprint density at radius 3 is 2.85 bits per heavy atom. The second-order valence-corrected chi connectivity index (χ2v) is 8.66. The van der Waals surface area contributed by atoms with Gasteiger partial charge in [-0.25, -0.2) is 0 Å². The van der Waals surface area contributed by atoms with Crippen LogP contribution in [-0.2, 0) is 14.4 Å². The Kier molecular flexibility index (Phi) is 4.47. The molecule has 2 amide bonds. The third-order valence-corrected chi connectivity index (χ3v) is 7.03. The maximum atomic E-state index is 12.9. The van der Waals surface area contributed by atoms with Crippen molar-refractivity contribution in [1.82, 2.24) is 9.80 Å². The number of piperidine rings is 1. The number of hydrogen-bond donors (Lipinski definition) is 0. The van der Waals surface area contributed by atoms with Gasteiger partial charge >= 0.3 is 0 Å². The lowest BCUT2D eigenvalue weighted by molar-refractivity contribution is -0.144. The molecule has 0 N–H and O–H groups in total. The lowest BCUT2D eigenvalue weighted by atomic mass is 9.78. The zero-order valence-corrected chi connectivity index (χ0v) is 15.9. The molecule has 1 aromatic rings. The van der Waals surface area contributed by atoms with Crippen molar-refractivity contribution in [2.75, 3.05) is 26.7 Å². The Labute approximate surface area is 157 Å². The number of Topliss-reactive ketones (excluding diaryl/α,β-unsaturated/α-hetero) is 1. The second-order valence-electron chi connectivity index (χ2n) is 7.71. The average Bonchev–Trinajstić information content (AvgIpc) is 3.35. The van der Waals surface area contributed by atoms with Gasteiger partial charge in [0.25, 0.3) is 0 Å². The third-order valence-electron chi connectivity index (χ3n) is 6.11. The molecule has 6 heteroatoms. The van der Waals surface area contributed by atoms with Crippen LogP contribution >= 0.6 is 11.3 Å². The van der Waals surface area contributed by atoms with Gasteiger partial charge in [-0.2, -0.15) is 0 Å². The topological polar surface area (TPSA) is 57.7 Å². The summed E-state index contributed by atoms with van der Waals surface area (Å²) in [5.74, 6) is 0.265. The summed E-state index contributed by atoms with van der Waals surface area (Å²) in [5.41, 5.74) is 1.33. The van der Waals surface area contributed by atoms with E-state index >= 15 is 0 Å². The average molecular weight is 372 g/mol. The van der Waals surface area contributed by atoms with E-state index in [2.05, 4.69) is 0 Å². The van der Waals surface area contributed by atoms with Crippen LogP contribution in [0.4, 0.5) is 0 Å². The van der Waals surface area contributed by atoms with Gasteiger partial charge in [0.1, 0.15) is 0 Å². The molecule has 3 aliphatic rings. The normalized spacial score (nSPS) is 26.5. The van der Waals surface area contributed by atoms with E-state index in [0.717, 1.165) is 42.7 Å². The van der Waals surface area contributed by atoms with Gasteiger partial charge in [-0.05, 0) is 42.7 Å². The Morgan fingerprint density at radius 2 is 2.08 bits per heavy atom. The first-order valence-corrected chi connectivity index (χ1v) is 10.2. The van der Waals surface area contributed by atoms with Gasteiger partial charge in [-0.15, -0.1) is 11.3 Å². The van der Waals surface area contributed by atoms with E-state index in [4.69, 9.17) is 0 Å². The Hall–Kier alpha value is -1.95. The van der Waals surface area contributed by atoms with Crippen molar-refractivity contribution in [2.45, 2.75) is 38.5 Å². The van der Waals surface area contributed by atoms with Crippen molar-refractivity contribution < 1.29 is 14.4 Å². The van der Waals surface area contributed by atoms with E-state index in [1.807, 2.05) is 29.5 Å². The third kappa shape index (κ3) is 2.90. The van der Waals surface area contributed by atoms with Crippen LogP contribution in [0.1, 0.15) is 43.4 Å².